The van der Waals surface area contributed by atoms with E-state index >= 15 is 0 Å². The number of ether oxygens (including phenoxy) is 1. The topological polar surface area (TPSA) is 133 Å². The highest BCUT2D eigenvalue weighted by molar-refractivity contribution is 6.01. The van der Waals surface area contributed by atoms with Crippen LogP contribution in [0, 0.1) is 29.6 Å². The largest absolute Gasteiger partial charge is 0.507 e. The summed E-state index contributed by atoms with van der Waals surface area (Å²) in [5, 5.41) is 42.7. The summed E-state index contributed by atoms with van der Waals surface area (Å²) in [6, 6.07) is 0. The molecule has 2 heterocycles. The lowest BCUT2D eigenvalue weighted by molar-refractivity contribution is -0.0246. The molecule has 1 aromatic heterocycles. The van der Waals surface area contributed by atoms with E-state index in [1.807, 2.05) is 13.0 Å². The number of carbonyl (C=O) groups is 1. The Bertz CT molecular complexity index is 1030. The molecule has 1 aliphatic heterocycles. The number of epoxide rings is 1. The van der Waals surface area contributed by atoms with E-state index in [1.54, 1.807) is 0 Å². The van der Waals surface area contributed by atoms with Gasteiger partial charge < -0.3 is 25.3 Å². The maximum Gasteiger partial charge on any atom is 0.297 e. The quantitative estimate of drug-likeness (QED) is 0.242. The van der Waals surface area contributed by atoms with E-state index in [9.17, 15) is 30.1 Å². The third kappa shape index (κ3) is 3.15. The molecule has 0 radical (unpaired) electrons. The first-order chi connectivity index (χ1) is 15.1. The van der Waals surface area contributed by atoms with Crippen molar-refractivity contribution in [2.75, 3.05) is 0 Å². The number of fused-ring (bicyclic) bond motifs is 2. The van der Waals surface area contributed by atoms with E-state index in [4.69, 9.17) is 4.74 Å². The van der Waals surface area contributed by atoms with Crippen molar-refractivity contribution >= 4 is 5.78 Å². The monoisotopic (exact) mass is 445 g/mol. The predicted octanol–water partition coefficient (Wildman–Crippen LogP) is 1.96. The van der Waals surface area contributed by atoms with Crippen LogP contribution in [0.5, 0.6) is 5.75 Å². The number of aliphatic hydroxyl groups excluding tert-OH is 1. The highest BCUT2D eigenvalue weighted by Crippen LogP contribution is 2.52. The minimum atomic E-state index is -1.71. The average molecular weight is 446 g/mol. The van der Waals surface area contributed by atoms with Crippen LogP contribution >= 0.6 is 0 Å². The van der Waals surface area contributed by atoms with Crippen molar-refractivity contribution in [1.29, 1.82) is 0 Å². The highest BCUT2D eigenvalue weighted by Gasteiger charge is 2.62. The van der Waals surface area contributed by atoms with Gasteiger partial charge in [-0.1, -0.05) is 32.4 Å². The van der Waals surface area contributed by atoms with Crippen molar-refractivity contribution in [3.8, 4) is 5.75 Å². The standard InChI is InChI=1S/C24H31NO7/c1-11-3-6-14-13(9-11)5-4-12(2)17(14)20(28)18-19(27)15(10-25(31)23(18)29)24(30)8-7-16(26)21-22(24)32-21/h4-5,10-14,16-17,21-22,26-27,30-31H,3,6-9H2,1-2H3/t11-,12-,13-,14-,16?,17-,21?,22?,24?/m0/s1. The predicted molar refractivity (Wildman–Crippen MR) is 113 cm³/mol. The van der Waals surface area contributed by atoms with Gasteiger partial charge in [0.2, 0.25) is 0 Å². The summed E-state index contributed by atoms with van der Waals surface area (Å²) in [6.07, 6.45) is 6.25. The minimum Gasteiger partial charge on any atom is -0.507 e. The number of aromatic hydroxyl groups is 1. The van der Waals surface area contributed by atoms with Gasteiger partial charge in [-0.05, 0) is 49.4 Å². The summed E-state index contributed by atoms with van der Waals surface area (Å²) in [4.78, 5) is 26.6. The van der Waals surface area contributed by atoms with Crippen LogP contribution in [0.15, 0.2) is 23.1 Å². The normalized spacial score (nSPS) is 42.8. The Balaban J connectivity index is 1.56. The smallest absolute Gasteiger partial charge is 0.297 e. The number of rotatable bonds is 3. The fourth-order valence-corrected chi connectivity index (χ4v) is 6.44. The van der Waals surface area contributed by atoms with Crippen molar-refractivity contribution in [3.05, 3.63) is 39.8 Å². The zero-order valence-corrected chi connectivity index (χ0v) is 18.3. The number of aromatic nitrogens is 1. The maximum absolute atomic E-state index is 13.8. The molecule has 3 fully saturated rings. The molecule has 3 aliphatic carbocycles. The maximum atomic E-state index is 13.8. The Morgan fingerprint density at radius 2 is 1.97 bits per heavy atom. The third-order valence-corrected chi connectivity index (χ3v) is 8.28. The number of hydrogen-bond acceptors (Lipinski definition) is 7. The van der Waals surface area contributed by atoms with Crippen molar-refractivity contribution in [3.63, 3.8) is 0 Å². The first-order valence-electron chi connectivity index (χ1n) is 11.6. The van der Waals surface area contributed by atoms with Gasteiger partial charge in [-0.3, -0.25) is 9.59 Å². The SMILES string of the molecule is C[C@H]1CC[C@@H]2[C@@H](C(=O)c3c(O)c(C4(O)CCC(O)C5OC54)cn(O)c3=O)[C@@H](C)C=C[C@H]2C1. The molecular formula is C24H31NO7. The van der Waals surface area contributed by atoms with E-state index in [1.165, 1.54) is 0 Å². The Morgan fingerprint density at radius 1 is 1.22 bits per heavy atom. The Kier molecular flexibility index (Phi) is 5.03. The van der Waals surface area contributed by atoms with E-state index in [2.05, 4.69) is 13.0 Å². The first-order valence-corrected chi connectivity index (χ1v) is 11.6. The molecule has 0 spiro atoms. The number of pyridine rings is 1. The number of carbonyl (C=O) groups excluding carboxylic acids is 1. The van der Waals surface area contributed by atoms with Gasteiger partial charge in [0.1, 0.15) is 29.1 Å². The molecule has 9 atom stereocenters. The van der Waals surface area contributed by atoms with Crippen LogP contribution in [0.1, 0.15) is 61.9 Å². The average Bonchev–Trinajstić information content (AvgIpc) is 3.56. The molecule has 4 unspecified atom stereocenters. The summed E-state index contributed by atoms with van der Waals surface area (Å²) in [5.41, 5.74) is -3.30. The van der Waals surface area contributed by atoms with Crippen LogP contribution in [0.4, 0.5) is 0 Å². The molecule has 0 aromatic carbocycles. The van der Waals surface area contributed by atoms with Gasteiger partial charge in [0.15, 0.2) is 5.78 Å². The Labute approximate surface area is 186 Å². The third-order valence-electron chi connectivity index (χ3n) is 8.28. The number of aliphatic hydroxyl groups is 2. The second-order valence-electron chi connectivity index (χ2n) is 10.3. The van der Waals surface area contributed by atoms with Crippen molar-refractivity contribution in [2.24, 2.45) is 29.6 Å². The second kappa shape index (κ2) is 7.43. The highest BCUT2D eigenvalue weighted by atomic mass is 16.6. The zero-order valence-electron chi connectivity index (χ0n) is 18.3. The van der Waals surface area contributed by atoms with Gasteiger partial charge in [-0.2, -0.15) is 4.73 Å². The van der Waals surface area contributed by atoms with Crippen LogP contribution in [-0.4, -0.2) is 49.4 Å². The fourth-order valence-electron chi connectivity index (χ4n) is 6.44. The summed E-state index contributed by atoms with van der Waals surface area (Å²) < 4.78 is 5.70. The van der Waals surface area contributed by atoms with E-state index in [0.29, 0.717) is 5.92 Å². The van der Waals surface area contributed by atoms with Gasteiger partial charge in [-0.15, -0.1) is 0 Å². The van der Waals surface area contributed by atoms with Crippen LogP contribution in [-0.2, 0) is 10.3 Å². The molecule has 1 aromatic rings. The molecule has 8 heteroatoms. The molecule has 0 bridgehead atoms. The van der Waals surface area contributed by atoms with Gasteiger partial charge in [0.05, 0.1) is 12.3 Å². The number of allylic oxidation sites excluding steroid dienone is 2. The van der Waals surface area contributed by atoms with Gasteiger partial charge in [0.25, 0.3) is 5.56 Å². The van der Waals surface area contributed by atoms with Gasteiger partial charge in [0, 0.05) is 11.5 Å². The number of ketones is 1. The first kappa shape index (κ1) is 21.7. The molecule has 174 valence electrons. The summed E-state index contributed by atoms with van der Waals surface area (Å²) in [6.45, 7) is 4.14. The van der Waals surface area contributed by atoms with Crippen LogP contribution in [0.3, 0.4) is 0 Å². The van der Waals surface area contributed by atoms with Crippen molar-refractivity contribution in [2.45, 2.75) is 69.9 Å². The lowest BCUT2D eigenvalue weighted by Crippen LogP contribution is -2.44. The zero-order chi connectivity index (χ0) is 22.9. The molecule has 5 rings (SSSR count). The second-order valence-corrected chi connectivity index (χ2v) is 10.3. The van der Waals surface area contributed by atoms with Crippen molar-refractivity contribution in [1.82, 2.24) is 4.73 Å². The molecule has 1 saturated heterocycles. The van der Waals surface area contributed by atoms with E-state index < -0.39 is 52.5 Å². The molecular weight excluding hydrogens is 414 g/mol. The lowest BCUT2D eigenvalue weighted by Gasteiger charge is -2.42. The lowest BCUT2D eigenvalue weighted by atomic mass is 9.61. The molecule has 0 amide bonds. The van der Waals surface area contributed by atoms with Crippen molar-refractivity contribution < 1.29 is 30.1 Å². The van der Waals surface area contributed by atoms with Crippen LogP contribution in [0.25, 0.3) is 0 Å². The molecule has 8 nitrogen and oxygen atoms in total. The van der Waals surface area contributed by atoms with E-state index in [0.717, 1.165) is 25.5 Å². The summed E-state index contributed by atoms with van der Waals surface area (Å²) in [5.74, 6) is -0.812. The van der Waals surface area contributed by atoms with E-state index in [-0.39, 0.29) is 40.9 Å². The van der Waals surface area contributed by atoms with Gasteiger partial charge >= 0.3 is 0 Å². The molecule has 4 N–H and O–H groups in total. The van der Waals surface area contributed by atoms with Crippen LogP contribution in [0.2, 0.25) is 0 Å². The van der Waals surface area contributed by atoms with Gasteiger partial charge in [-0.25, -0.2) is 0 Å². The summed E-state index contributed by atoms with van der Waals surface area (Å²) >= 11 is 0. The molecule has 2 saturated carbocycles. The Hall–Kier alpha value is -2.16. The van der Waals surface area contributed by atoms with Crippen LogP contribution < -0.4 is 5.56 Å². The number of Topliss-reactive ketones (excluding diaryl/α,β-unsaturated/α-hetero) is 1. The number of hydrogen-bond donors (Lipinski definition) is 4. The molecule has 4 aliphatic rings. The Morgan fingerprint density at radius 3 is 2.72 bits per heavy atom. The summed E-state index contributed by atoms with van der Waals surface area (Å²) in [7, 11) is 0. The fraction of sp³-hybridized carbons (Fsp3) is 0.667. The molecule has 32 heavy (non-hydrogen) atoms. The number of nitrogens with zero attached hydrogens (tertiary/aromatic N) is 1. The minimum absolute atomic E-state index is 0.0670.